The lowest BCUT2D eigenvalue weighted by Gasteiger charge is -2.31. The van der Waals surface area contributed by atoms with Crippen LogP contribution in [0, 0.1) is 0 Å². The zero-order valence-corrected chi connectivity index (χ0v) is 16.7. The summed E-state index contributed by atoms with van der Waals surface area (Å²) in [6.45, 7) is 2.04. The zero-order chi connectivity index (χ0) is 20.4. The molecule has 150 valence electrons. The number of benzene rings is 2. The van der Waals surface area contributed by atoms with Gasteiger partial charge >= 0.3 is 5.97 Å². The molecular weight excluding hydrogens is 366 g/mol. The van der Waals surface area contributed by atoms with Gasteiger partial charge in [-0.05, 0) is 56.7 Å². The van der Waals surface area contributed by atoms with Crippen molar-refractivity contribution in [2.75, 3.05) is 32.6 Å². The van der Waals surface area contributed by atoms with Gasteiger partial charge in [-0.25, -0.2) is 4.79 Å². The molecule has 29 heavy (non-hydrogen) atoms. The zero-order valence-electron chi connectivity index (χ0n) is 16.7. The molecule has 2 aromatic rings. The van der Waals surface area contributed by atoms with Crippen LogP contribution in [0.4, 0.5) is 5.69 Å². The van der Waals surface area contributed by atoms with Crippen molar-refractivity contribution in [3.63, 3.8) is 0 Å². The molecule has 6 heteroatoms. The largest absolute Gasteiger partial charge is 0.465 e. The summed E-state index contributed by atoms with van der Waals surface area (Å²) >= 11 is 0. The number of fused-ring (bicyclic) bond motifs is 1. The SMILES string of the molecule is COC(=O)c1ccc2c(c1)/C(=C(/NC1CCN(C)CC1)c1ccccc1)C(=O)N2. The van der Waals surface area contributed by atoms with Gasteiger partial charge in [0.2, 0.25) is 0 Å². The molecule has 0 aromatic heterocycles. The lowest BCUT2D eigenvalue weighted by molar-refractivity contribution is -0.110. The van der Waals surface area contributed by atoms with Crippen LogP contribution in [0.2, 0.25) is 0 Å². The highest BCUT2D eigenvalue weighted by molar-refractivity contribution is 6.36. The summed E-state index contributed by atoms with van der Waals surface area (Å²) in [5, 5.41) is 6.57. The summed E-state index contributed by atoms with van der Waals surface area (Å²) in [5.74, 6) is -0.586. The first-order chi connectivity index (χ1) is 14.1. The second-order valence-electron chi connectivity index (χ2n) is 7.54. The number of rotatable bonds is 4. The Labute approximate surface area is 170 Å². The summed E-state index contributed by atoms with van der Waals surface area (Å²) in [6.07, 6.45) is 2.02. The standard InChI is InChI=1S/C23H25N3O3/c1-26-12-10-17(11-13-26)24-21(15-6-4-3-5-7-15)20-18-14-16(23(28)29-2)8-9-19(18)25-22(20)27/h3-9,14,17,24H,10-13H2,1-2H3,(H,25,27)/b21-20-. The molecule has 1 fully saturated rings. The van der Waals surface area contributed by atoms with E-state index in [4.69, 9.17) is 4.74 Å². The third kappa shape index (κ3) is 3.89. The summed E-state index contributed by atoms with van der Waals surface area (Å²) in [5.41, 5.74) is 4.17. The first-order valence-corrected chi connectivity index (χ1v) is 9.85. The Balaban J connectivity index is 1.81. The summed E-state index contributed by atoms with van der Waals surface area (Å²) in [7, 11) is 3.48. The van der Waals surface area contributed by atoms with Gasteiger partial charge in [0, 0.05) is 17.3 Å². The molecule has 0 spiro atoms. The van der Waals surface area contributed by atoms with E-state index < -0.39 is 5.97 Å². The van der Waals surface area contributed by atoms with Crippen LogP contribution in [0.25, 0.3) is 11.3 Å². The van der Waals surface area contributed by atoms with Crippen molar-refractivity contribution in [2.24, 2.45) is 0 Å². The number of nitrogens with zero attached hydrogens (tertiary/aromatic N) is 1. The topological polar surface area (TPSA) is 70.7 Å². The Morgan fingerprint density at radius 1 is 1.10 bits per heavy atom. The van der Waals surface area contributed by atoms with Crippen molar-refractivity contribution in [3.8, 4) is 0 Å². The molecular formula is C23H25N3O3. The van der Waals surface area contributed by atoms with E-state index in [9.17, 15) is 9.59 Å². The third-order valence-corrected chi connectivity index (χ3v) is 5.56. The highest BCUT2D eigenvalue weighted by atomic mass is 16.5. The van der Waals surface area contributed by atoms with Crippen molar-refractivity contribution in [1.82, 2.24) is 10.2 Å². The van der Waals surface area contributed by atoms with E-state index in [1.165, 1.54) is 7.11 Å². The lowest BCUT2D eigenvalue weighted by atomic mass is 9.97. The van der Waals surface area contributed by atoms with Gasteiger partial charge in [-0.2, -0.15) is 0 Å². The fourth-order valence-electron chi connectivity index (χ4n) is 3.92. The lowest BCUT2D eigenvalue weighted by Crippen LogP contribution is -2.40. The van der Waals surface area contributed by atoms with Crippen LogP contribution in [-0.2, 0) is 9.53 Å². The molecule has 2 aliphatic rings. The van der Waals surface area contributed by atoms with Crippen LogP contribution in [0.3, 0.4) is 0 Å². The maximum absolute atomic E-state index is 13.0. The Morgan fingerprint density at radius 3 is 2.52 bits per heavy atom. The molecule has 0 atom stereocenters. The van der Waals surface area contributed by atoms with Gasteiger partial charge in [-0.3, -0.25) is 4.79 Å². The molecule has 0 unspecified atom stereocenters. The highest BCUT2D eigenvalue weighted by Crippen LogP contribution is 2.37. The number of hydrogen-bond acceptors (Lipinski definition) is 5. The summed E-state index contributed by atoms with van der Waals surface area (Å²) in [6, 6.07) is 15.3. The van der Waals surface area contributed by atoms with E-state index in [1.807, 2.05) is 30.3 Å². The molecule has 0 bridgehead atoms. The van der Waals surface area contributed by atoms with Gasteiger partial charge in [0.15, 0.2) is 0 Å². The van der Waals surface area contributed by atoms with Crippen LogP contribution < -0.4 is 10.6 Å². The van der Waals surface area contributed by atoms with Gasteiger partial charge in [0.1, 0.15) is 0 Å². The van der Waals surface area contributed by atoms with Crippen LogP contribution in [-0.4, -0.2) is 50.1 Å². The smallest absolute Gasteiger partial charge is 0.337 e. The van der Waals surface area contributed by atoms with Crippen molar-refractivity contribution in [1.29, 1.82) is 0 Å². The minimum Gasteiger partial charge on any atom is -0.465 e. The third-order valence-electron chi connectivity index (χ3n) is 5.56. The molecule has 2 heterocycles. The van der Waals surface area contributed by atoms with E-state index in [2.05, 4.69) is 22.6 Å². The summed E-state index contributed by atoms with van der Waals surface area (Å²) < 4.78 is 4.85. The van der Waals surface area contributed by atoms with E-state index >= 15 is 0 Å². The Hall–Kier alpha value is -3.12. The number of ether oxygens (including phenoxy) is 1. The fraction of sp³-hybridized carbons (Fsp3) is 0.304. The molecule has 2 N–H and O–H groups in total. The molecule has 2 aliphatic heterocycles. The number of nitrogens with one attached hydrogen (secondary N) is 2. The molecule has 2 aromatic carbocycles. The predicted molar refractivity (Wildman–Crippen MR) is 113 cm³/mol. The molecule has 1 saturated heterocycles. The van der Waals surface area contributed by atoms with Gasteiger partial charge in [0.05, 0.1) is 23.9 Å². The van der Waals surface area contributed by atoms with Crippen LogP contribution >= 0.6 is 0 Å². The number of hydrogen-bond donors (Lipinski definition) is 2. The van der Waals surface area contributed by atoms with Crippen LogP contribution in [0.15, 0.2) is 48.5 Å². The fourth-order valence-corrected chi connectivity index (χ4v) is 3.92. The number of likely N-dealkylation sites (tertiary alicyclic amines) is 1. The van der Waals surface area contributed by atoms with Crippen LogP contribution in [0.1, 0.15) is 34.3 Å². The molecule has 6 nitrogen and oxygen atoms in total. The molecule has 0 radical (unpaired) electrons. The maximum atomic E-state index is 13.0. The van der Waals surface area contributed by atoms with Gasteiger partial charge in [0.25, 0.3) is 5.91 Å². The average molecular weight is 391 g/mol. The Kier molecular flexibility index (Phi) is 5.36. The first kappa shape index (κ1) is 19.2. The van der Waals surface area contributed by atoms with E-state index in [1.54, 1.807) is 18.2 Å². The predicted octanol–water partition coefficient (Wildman–Crippen LogP) is 2.98. The maximum Gasteiger partial charge on any atom is 0.337 e. The highest BCUT2D eigenvalue weighted by Gasteiger charge is 2.30. The normalized spacial score (nSPS) is 18.8. The quantitative estimate of drug-likeness (QED) is 0.619. The van der Waals surface area contributed by atoms with Gasteiger partial charge < -0.3 is 20.3 Å². The monoisotopic (exact) mass is 391 g/mol. The van der Waals surface area contributed by atoms with E-state index in [-0.39, 0.29) is 11.9 Å². The molecule has 0 saturated carbocycles. The number of carbonyl (C=O) groups excluding carboxylic acids is 2. The van der Waals surface area contributed by atoms with Gasteiger partial charge in [-0.1, -0.05) is 30.3 Å². The van der Waals surface area contributed by atoms with Crippen molar-refractivity contribution >= 4 is 28.8 Å². The molecule has 4 rings (SSSR count). The number of amides is 1. The van der Waals surface area contributed by atoms with Crippen LogP contribution in [0.5, 0.6) is 0 Å². The number of carbonyl (C=O) groups is 2. The average Bonchev–Trinajstić information content (AvgIpc) is 3.08. The first-order valence-electron chi connectivity index (χ1n) is 9.85. The van der Waals surface area contributed by atoms with Crippen molar-refractivity contribution in [3.05, 3.63) is 65.2 Å². The second kappa shape index (κ2) is 8.09. The number of methoxy groups -OCH3 is 1. The molecule has 0 aliphatic carbocycles. The Bertz CT molecular complexity index is 961. The summed E-state index contributed by atoms with van der Waals surface area (Å²) in [4.78, 5) is 27.3. The molecule has 1 amide bonds. The number of esters is 1. The van der Waals surface area contributed by atoms with E-state index in [0.29, 0.717) is 16.8 Å². The van der Waals surface area contributed by atoms with Crippen molar-refractivity contribution in [2.45, 2.75) is 18.9 Å². The minimum atomic E-state index is -0.420. The van der Waals surface area contributed by atoms with Gasteiger partial charge in [-0.15, -0.1) is 0 Å². The second-order valence-corrected chi connectivity index (χ2v) is 7.54. The van der Waals surface area contributed by atoms with E-state index in [0.717, 1.165) is 42.8 Å². The Morgan fingerprint density at radius 2 is 1.83 bits per heavy atom. The van der Waals surface area contributed by atoms with Crippen molar-refractivity contribution < 1.29 is 14.3 Å². The number of piperidine rings is 1. The number of anilines is 1. The minimum absolute atomic E-state index is 0.165.